The molecular formula is C8H12N2O. The first kappa shape index (κ1) is 6.85. The normalized spacial score (nSPS) is 22.3. The van der Waals surface area contributed by atoms with E-state index < -0.39 is 0 Å². The average molecular weight is 152 g/mol. The highest BCUT2D eigenvalue weighted by Gasteiger charge is 2.26. The van der Waals surface area contributed by atoms with Crippen molar-refractivity contribution in [1.29, 1.82) is 0 Å². The Morgan fingerprint density at radius 2 is 2.36 bits per heavy atom. The summed E-state index contributed by atoms with van der Waals surface area (Å²) in [5.74, 6) is 0. The maximum absolute atomic E-state index is 9.52. The van der Waals surface area contributed by atoms with Crippen LogP contribution in [0.15, 0.2) is 0 Å². The molecule has 11 heavy (non-hydrogen) atoms. The lowest BCUT2D eigenvalue weighted by atomic mass is 10.2. The summed E-state index contributed by atoms with van der Waals surface area (Å²) in [6.45, 7) is 2.00. The molecule has 0 radical (unpaired) electrons. The van der Waals surface area contributed by atoms with Crippen LogP contribution in [0.25, 0.3) is 0 Å². The van der Waals surface area contributed by atoms with Crippen LogP contribution in [0.1, 0.15) is 29.5 Å². The Kier molecular flexibility index (Phi) is 1.29. The third-order valence-electron chi connectivity index (χ3n) is 2.44. The molecule has 1 atom stereocenters. The van der Waals surface area contributed by atoms with Crippen LogP contribution in [-0.4, -0.2) is 14.9 Å². The molecule has 1 aromatic rings. The fourth-order valence-corrected chi connectivity index (χ4v) is 1.73. The Bertz CT molecular complexity index is 291. The van der Waals surface area contributed by atoms with Gasteiger partial charge in [-0.25, -0.2) is 0 Å². The van der Waals surface area contributed by atoms with Crippen LogP contribution in [0.4, 0.5) is 0 Å². The van der Waals surface area contributed by atoms with E-state index in [9.17, 15) is 5.11 Å². The number of fused-ring (bicyclic) bond motifs is 1. The minimum Gasteiger partial charge on any atom is -0.388 e. The minimum atomic E-state index is -0.265. The molecule has 0 bridgehead atoms. The molecule has 2 rings (SSSR count). The van der Waals surface area contributed by atoms with Gasteiger partial charge in [-0.2, -0.15) is 5.10 Å². The average Bonchev–Trinajstić information content (AvgIpc) is 2.41. The van der Waals surface area contributed by atoms with Crippen molar-refractivity contribution in [3.63, 3.8) is 0 Å². The molecule has 0 aliphatic heterocycles. The summed E-state index contributed by atoms with van der Waals surface area (Å²) in [4.78, 5) is 0. The lowest BCUT2D eigenvalue weighted by Gasteiger charge is -2.02. The van der Waals surface area contributed by atoms with E-state index in [1.807, 2.05) is 18.7 Å². The molecule has 1 heterocycles. The number of aliphatic hydroxyl groups is 1. The van der Waals surface area contributed by atoms with E-state index in [0.717, 1.165) is 29.8 Å². The maximum atomic E-state index is 9.52. The van der Waals surface area contributed by atoms with Crippen LogP contribution in [0.2, 0.25) is 0 Å². The minimum absolute atomic E-state index is 0.265. The molecule has 60 valence electrons. The van der Waals surface area contributed by atoms with Gasteiger partial charge in [0, 0.05) is 18.3 Å². The second-order valence-electron chi connectivity index (χ2n) is 3.12. The summed E-state index contributed by atoms with van der Waals surface area (Å²) >= 11 is 0. The van der Waals surface area contributed by atoms with E-state index in [-0.39, 0.29) is 6.10 Å². The largest absolute Gasteiger partial charge is 0.388 e. The van der Waals surface area contributed by atoms with Gasteiger partial charge in [-0.3, -0.25) is 4.68 Å². The maximum Gasteiger partial charge on any atom is 0.0829 e. The first-order valence-electron chi connectivity index (χ1n) is 3.90. The summed E-state index contributed by atoms with van der Waals surface area (Å²) in [6.07, 6.45) is 1.51. The Morgan fingerprint density at radius 1 is 1.64 bits per heavy atom. The number of aryl methyl sites for hydroxylation is 2. The number of hydrogen-bond acceptors (Lipinski definition) is 2. The van der Waals surface area contributed by atoms with Crippen molar-refractivity contribution in [3.05, 3.63) is 17.0 Å². The van der Waals surface area contributed by atoms with Gasteiger partial charge in [0.2, 0.25) is 0 Å². The summed E-state index contributed by atoms with van der Waals surface area (Å²) in [7, 11) is 1.92. The molecule has 1 aromatic heterocycles. The van der Waals surface area contributed by atoms with Crippen molar-refractivity contribution in [2.45, 2.75) is 25.9 Å². The molecular weight excluding hydrogens is 140 g/mol. The highest BCUT2D eigenvalue weighted by molar-refractivity contribution is 5.31. The molecule has 1 N–H and O–H groups in total. The topological polar surface area (TPSA) is 38.0 Å². The number of hydrogen-bond donors (Lipinski definition) is 1. The quantitative estimate of drug-likeness (QED) is 0.594. The first-order valence-corrected chi connectivity index (χ1v) is 3.90. The molecule has 0 saturated carbocycles. The summed E-state index contributed by atoms with van der Waals surface area (Å²) in [5, 5.41) is 13.8. The van der Waals surface area contributed by atoms with Crippen LogP contribution < -0.4 is 0 Å². The van der Waals surface area contributed by atoms with E-state index >= 15 is 0 Å². The van der Waals surface area contributed by atoms with Gasteiger partial charge in [0.05, 0.1) is 11.8 Å². The SMILES string of the molecule is Cc1c2c(nn1C)CCC2O. The zero-order valence-corrected chi connectivity index (χ0v) is 6.83. The first-order chi connectivity index (χ1) is 5.20. The van der Waals surface area contributed by atoms with Gasteiger partial charge in [-0.15, -0.1) is 0 Å². The van der Waals surface area contributed by atoms with Crippen molar-refractivity contribution in [3.8, 4) is 0 Å². The number of aromatic nitrogens is 2. The number of nitrogens with zero attached hydrogens (tertiary/aromatic N) is 2. The molecule has 3 nitrogen and oxygen atoms in total. The molecule has 0 spiro atoms. The summed E-state index contributed by atoms with van der Waals surface area (Å²) < 4.78 is 1.84. The van der Waals surface area contributed by atoms with Crippen molar-refractivity contribution in [2.75, 3.05) is 0 Å². The van der Waals surface area contributed by atoms with Crippen LogP contribution in [0.5, 0.6) is 0 Å². The lowest BCUT2D eigenvalue weighted by molar-refractivity contribution is 0.178. The van der Waals surface area contributed by atoms with E-state index in [4.69, 9.17) is 0 Å². The number of rotatable bonds is 0. The zero-order valence-electron chi connectivity index (χ0n) is 6.83. The van der Waals surface area contributed by atoms with Gasteiger partial charge in [0.25, 0.3) is 0 Å². The van der Waals surface area contributed by atoms with Crippen LogP contribution in [0.3, 0.4) is 0 Å². The van der Waals surface area contributed by atoms with Crippen molar-refractivity contribution in [2.24, 2.45) is 7.05 Å². The molecule has 0 amide bonds. The third-order valence-corrected chi connectivity index (χ3v) is 2.44. The monoisotopic (exact) mass is 152 g/mol. The van der Waals surface area contributed by atoms with Crippen LogP contribution >= 0.6 is 0 Å². The second-order valence-corrected chi connectivity index (χ2v) is 3.12. The van der Waals surface area contributed by atoms with Crippen molar-refractivity contribution in [1.82, 2.24) is 9.78 Å². The fourth-order valence-electron chi connectivity index (χ4n) is 1.73. The molecule has 0 aromatic carbocycles. The molecule has 3 heteroatoms. The predicted octanol–water partition coefficient (Wildman–Crippen LogP) is 0.708. The van der Waals surface area contributed by atoms with Gasteiger partial charge in [0.1, 0.15) is 0 Å². The van der Waals surface area contributed by atoms with Gasteiger partial charge in [-0.1, -0.05) is 0 Å². The molecule has 1 aliphatic carbocycles. The summed E-state index contributed by atoms with van der Waals surface area (Å²) in [5.41, 5.74) is 3.25. The smallest absolute Gasteiger partial charge is 0.0829 e. The van der Waals surface area contributed by atoms with Crippen molar-refractivity contribution >= 4 is 0 Å². The number of aliphatic hydroxyl groups excluding tert-OH is 1. The molecule has 0 saturated heterocycles. The van der Waals surface area contributed by atoms with E-state index in [1.54, 1.807) is 0 Å². The van der Waals surface area contributed by atoms with Gasteiger partial charge in [-0.05, 0) is 19.8 Å². The van der Waals surface area contributed by atoms with Crippen molar-refractivity contribution < 1.29 is 5.11 Å². The molecule has 1 aliphatic rings. The van der Waals surface area contributed by atoms with E-state index in [0.29, 0.717) is 0 Å². The second kappa shape index (κ2) is 2.08. The Balaban J connectivity index is 2.58. The third kappa shape index (κ3) is 0.807. The predicted molar refractivity (Wildman–Crippen MR) is 41.2 cm³/mol. The van der Waals surface area contributed by atoms with E-state index in [2.05, 4.69) is 5.10 Å². The fraction of sp³-hybridized carbons (Fsp3) is 0.625. The van der Waals surface area contributed by atoms with Gasteiger partial charge >= 0.3 is 0 Å². The lowest BCUT2D eigenvalue weighted by Crippen LogP contribution is -1.98. The summed E-state index contributed by atoms with van der Waals surface area (Å²) in [6, 6.07) is 0. The van der Waals surface area contributed by atoms with E-state index in [1.165, 1.54) is 0 Å². The van der Waals surface area contributed by atoms with Crippen LogP contribution in [0, 0.1) is 6.92 Å². The van der Waals surface area contributed by atoms with Crippen LogP contribution in [-0.2, 0) is 13.5 Å². The Labute approximate surface area is 65.7 Å². The van der Waals surface area contributed by atoms with Gasteiger partial charge < -0.3 is 5.11 Å². The Morgan fingerprint density at radius 3 is 3.00 bits per heavy atom. The standard InChI is InChI=1S/C8H12N2O/c1-5-8-6(9-10(5)2)3-4-7(8)11/h7,11H,3-4H2,1-2H3. The highest BCUT2D eigenvalue weighted by atomic mass is 16.3. The Hall–Kier alpha value is -0.830. The molecule has 0 fully saturated rings. The highest BCUT2D eigenvalue weighted by Crippen LogP contribution is 2.32. The molecule has 1 unspecified atom stereocenters. The zero-order chi connectivity index (χ0) is 8.01. The van der Waals surface area contributed by atoms with Gasteiger partial charge in [0.15, 0.2) is 0 Å².